The lowest BCUT2D eigenvalue weighted by molar-refractivity contribution is -0.120. The third kappa shape index (κ3) is 3.15. The van der Waals surface area contributed by atoms with Crippen molar-refractivity contribution in [2.75, 3.05) is 5.32 Å². The van der Waals surface area contributed by atoms with Crippen molar-refractivity contribution in [3.05, 3.63) is 65.2 Å². The van der Waals surface area contributed by atoms with Crippen molar-refractivity contribution in [2.45, 2.75) is 19.3 Å². The van der Waals surface area contributed by atoms with Crippen LogP contribution in [0.2, 0.25) is 5.02 Å². The van der Waals surface area contributed by atoms with Crippen LogP contribution in [0.5, 0.6) is 0 Å². The summed E-state index contributed by atoms with van der Waals surface area (Å²) in [5.74, 6) is -0.0407. The Bertz CT molecular complexity index is 561. The summed E-state index contributed by atoms with van der Waals surface area (Å²) in [5.41, 5.74) is 1.13. The van der Waals surface area contributed by atoms with Crippen LogP contribution in [0, 0.1) is 0 Å². The first-order valence-electron chi connectivity index (χ1n) is 6.13. The zero-order valence-corrected chi connectivity index (χ0v) is 11.7. The fourth-order valence-corrected chi connectivity index (χ4v) is 1.93. The number of amides is 1. The zero-order chi connectivity index (χ0) is 13.9. The highest BCUT2D eigenvalue weighted by Crippen LogP contribution is 2.26. The number of anilines is 1. The van der Waals surface area contributed by atoms with E-state index in [-0.39, 0.29) is 5.91 Å². The topological polar surface area (TPSA) is 29.1 Å². The van der Waals surface area contributed by atoms with E-state index in [9.17, 15) is 4.79 Å². The predicted octanol–water partition coefficient (Wildman–Crippen LogP) is 4.26. The number of hydrogen-bond donors (Lipinski definition) is 1. The molecular weight excluding hydrogens is 258 g/mol. The van der Waals surface area contributed by atoms with E-state index in [1.54, 1.807) is 12.1 Å². The van der Waals surface area contributed by atoms with E-state index < -0.39 is 5.41 Å². The molecule has 0 unspecified atom stereocenters. The minimum atomic E-state index is -0.611. The van der Waals surface area contributed by atoms with E-state index in [0.29, 0.717) is 5.02 Å². The predicted molar refractivity (Wildman–Crippen MR) is 79.5 cm³/mol. The summed E-state index contributed by atoms with van der Waals surface area (Å²) in [5, 5.41) is 3.59. The number of para-hydroxylation sites is 1. The molecule has 2 nitrogen and oxygen atoms in total. The summed E-state index contributed by atoms with van der Waals surface area (Å²) < 4.78 is 0. The number of halogens is 1. The molecule has 1 N–H and O–H groups in total. The lowest BCUT2D eigenvalue weighted by Crippen LogP contribution is -2.34. The molecule has 0 aromatic heterocycles. The quantitative estimate of drug-likeness (QED) is 0.890. The van der Waals surface area contributed by atoms with Gasteiger partial charge in [0.1, 0.15) is 0 Å². The van der Waals surface area contributed by atoms with Crippen molar-refractivity contribution in [3.8, 4) is 0 Å². The SMILES string of the molecule is CC(C)(C(=O)Nc1ccccc1)c1ccc(Cl)cc1. The van der Waals surface area contributed by atoms with E-state index in [1.807, 2.05) is 56.3 Å². The van der Waals surface area contributed by atoms with Crippen molar-refractivity contribution in [2.24, 2.45) is 0 Å². The van der Waals surface area contributed by atoms with E-state index in [4.69, 9.17) is 11.6 Å². The lowest BCUT2D eigenvalue weighted by atomic mass is 9.83. The van der Waals surface area contributed by atoms with Crippen LogP contribution in [-0.4, -0.2) is 5.91 Å². The van der Waals surface area contributed by atoms with Crippen molar-refractivity contribution >= 4 is 23.2 Å². The highest BCUT2D eigenvalue weighted by atomic mass is 35.5. The van der Waals surface area contributed by atoms with Crippen LogP contribution in [0.15, 0.2) is 54.6 Å². The fourth-order valence-electron chi connectivity index (χ4n) is 1.81. The second kappa shape index (κ2) is 5.45. The molecule has 0 aliphatic carbocycles. The first kappa shape index (κ1) is 13.6. The van der Waals surface area contributed by atoms with Gasteiger partial charge in [-0.25, -0.2) is 0 Å². The molecule has 0 saturated heterocycles. The number of carbonyl (C=O) groups excluding carboxylic acids is 1. The second-order valence-corrected chi connectivity index (χ2v) is 5.39. The molecular formula is C16H16ClNO. The normalized spacial score (nSPS) is 11.1. The number of carbonyl (C=O) groups is 1. The van der Waals surface area contributed by atoms with Gasteiger partial charge in [-0.3, -0.25) is 4.79 Å². The van der Waals surface area contributed by atoms with Gasteiger partial charge in [-0.1, -0.05) is 41.9 Å². The zero-order valence-electron chi connectivity index (χ0n) is 11.0. The first-order valence-corrected chi connectivity index (χ1v) is 6.50. The molecule has 3 heteroatoms. The summed E-state index contributed by atoms with van der Waals surface area (Å²) in [7, 11) is 0. The maximum Gasteiger partial charge on any atom is 0.234 e. The molecule has 0 aliphatic heterocycles. The highest BCUT2D eigenvalue weighted by molar-refractivity contribution is 6.30. The molecule has 0 heterocycles. The third-order valence-electron chi connectivity index (χ3n) is 3.17. The Labute approximate surface area is 118 Å². The number of rotatable bonds is 3. The van der Waals surface area contributed by atoms with Crippen molar-refractivity contribution in [3.63, 3.8) is 0 Å². The smallest absolute Gasteiger partial charge is 0.234 e. The number of benzene rings is 2. The molecule has 0 spiro atoms. The summed E-state index contributed by atoms with van der Waals surface area (Å²) in [6, 6.07) is 16.8. The maximum absolute atomic E-state index is 12.4. The molecule has 0 radical (unpaired) electrons. The Hall–Kier alpha value is -1.80. The molecule has 2 aromatic rings. The maximum atomic E-state index is 12.4. The summed E-state index contributed by atoms with van der Waals surface area (Å²) in [6.07, 6.45) is 0. The van der Waals surface area contributed by atoms with Gasteiger partial charge in [-0.2, -0.15) is 0 Å². The average Bonchev–Trinajstić information content (AvgIpc) is 2.40. The van der Waals surface area contributed by atoms with Crippen molar-refractivity contribution in [1.82, 2.24) is 0 Å². The third-order valence-corrected chi connectivity index (χ3v) is 3.42. The second-order valence-electron chi connectivity index (χ2n) is 4.95. The largest absolute Gasteiger partial charge is 0.325 e. The molecule has 19 heavy (non-hydrogen) atoms. The first-order chi connectivity index (χ1) is 9.00. The van der Waals surface area contributed by atoms with Gasteiger partial charge in [0.15, 0.2) is 0 Å². The highest BCUT2D eigenvalue weighted by Gasteiger charge is 2.29. The van der Waals surface area contributed by atoms with Gasteiger partial charge in [0.05, 0.1) is 5.41 Å². The molecule has 2 aromatic carbocycles. The minimum Gasteiger partial charge on any atom is -0.325 e. The number of nitrogens with one attached hydrogen (secondary N) is 1. The van der Waals surface area contributed by atoms with Crippen LogP contribution in [0.4, 0.5) is 5.69 Å². The van der Waals surface area contributed by atoms with Crippen LogP contribution >= 0.6 is 11.6 Å². The Kier molecular flexibility index (Phi) is 3.91. The monoisotopic (exact) mass is 273 g/mol. The lowest BCUT2D eigenvalue weighted by Gasteiger charge is -2.24. The van der Waals surface area contributed by atoms with Gasteiger partial charge >= 0.3 is 0 Å². The van der Waals surface area contributed by atoms with E-state index in [2.05, 4.69) is 5.32 Å². The van der Waals surface area contributed by atoms with Crippen LogP contribution in [-0.2, 0) is 10.2 Å². The van der Waals surface area contributed by atoms with Gasteiger partial charge in [0.2, 0.25) is 5.91 Å². The Balaban J connectivity index is 2.19. The van der Waals surface area contributed by atoms with Gasteiger partial charge in [-0.05, 0) is 43.7 Å². The molecule has 0 fully saturated rings. The Morgan fingerprint density at radius 1 is 1.00 bits per heavy atom. The van der Waals surface area contributed by atoms with Crippen molar-refractivity contribution in [1.29, 1.82) is 0 Å². The molecule has 0 aliphatic rings. The molecule has 2 rings (SSSR count). The van der Waals surface area contributed by atoms with Crippen molar-refractivity contribution < 1.29 is 4.79 Å². The average molecular weight is 274 g/mol. The summed E-state index contributed by atoms with van der Waals surface area (Å²) in [6.45, 7) is 3.79. The van der Waals surface area contributed by atoms with E-state index in [1.165, 1.54) is 0 Å². The molecule has 98 valence electrons. The van der Waals surface area contributed by atoms with E-state index in [0.717, 1.165) is 11.3 Å². The molecule has 1 amide bonds. The standard InChI is InChI=1S/C16H16ClNO/c1-16(2,12-8-10-13(17)11-9-12)15(19)18-14-6-4-3-5-7-14/h3-11H,1-2H3,(H,18,19). The van der Waals surface area contributed by atoms with Crippen LogP contribution in [0.1, 0.15) is 19.4 Å². The van der Waals surface area contributed by atoms with Crippen LogP contribution in [0.3, 0.4) is 0 Å². The summed E-state index contributed by atoms with van der Waals surface area (Å²) >= 11 is 5.87. The van der Waals surface area contributed by atoms with Gasteiger partial charge in [-0.15, -0.1) is 0 Å². The van der Waals surface area contributed by atoms with Gasteiger partial charge in [0, 0.05) is 10.7 Å². The number of hydrogen-bond acceptors (Lipinski definition) is 1. The molecule has 0 atom stereocenters. The van der Waals surface area contributed by atoms with E-state index >= 15 is 0 Å². The van der Waals surface area contributed by atoms with Crippen LogP contribution < -0.4 is 5.32 Å². The minimum absolute atomic E-state index is 0.0407. The molecule has 0 saturated carbocycles. The Morgan fingerprint density at radius 2 is 1.58 bits per heavy atom. The van der Waals surface area contributed by atoms with Gasteiger partial charge in [0.25, 0.3) is 0 Å². The molecule has 0 bridgehead atoms. The van der Waals surface area contributed by atoms with Gasteiger partial charge < -0.3 is 5.32 Å². The summed E-state index contributed by atoms with van der Waals surface area (Å²) in [4.78, 5) is 12.4. The Morgan fingerprint density at radius 3 is 2.16 bits per heavy atom. The van der Waals surface area contributed by atoms with Crippen LogP contribution in [0.25, 0.3) is 0 Å². The fraction of sp³-hybridized carbons (Fsp3) is 0.188.